The Morgan fingerprint density at radius 2 is 1.97 bits per heavy atom. The van der Waals surface area contributed by atoms with Crippen LogP contribution in [-0.2, 0) is 0 Å². The zero-order chi connectivity index (χ0) is 21.9. The third kappa shape index (κ3) is 3.91. The number of likely N-dealkylation sites (tertiary alicyclic amines) is 1. The maximum atomic E-state index is 13.5. The molecule has 1 aliphatic heterocycles. The van der Waals surface area contributed by atoms with Crippen molar-refractivity contribution in [3.63, 3.8) is 0 Å². The summed E-state index contributed by atoms with van der Waals surface area (Å²) in [5, 5.41) is 11.3. The lowest BCUT2D eigenvalue weighted by molar-refractivity contribution is 0.0623. The molecule has 1 saturated heterocycles. The third-order valence-corrected chi connectivity index (χ3v) is 5.94. The minimum Gasteiger partial charge on any atom is -0.367 e. The van der Waals surface area contributed by atoms with Gasteiger partial charge in [-0.15, -0.1) is 0 Å². The lowest BCUT2D eigenvalue weighted by atomic mass is 10.00. The maximum absolute atomic E-state index is 13.5. The van der Waals surface area contributed by atoms with Gasteiger partial charge in [0.1, 0.15) is 23.7 Å². The van der Waals surface area contributed by atoms with Gasteiger partial charge in [-0.05, 0) is 49.1 Å². The van der Waals surface area contributed by atoms with Crippen molar-refractivity contribution < 1.29 is 9.18 Å². The Hall–Kier alpha value is -3.81. The number of aromatic amines is 1. The molecule has 162 valence electrons. The molecule has 1 fully saturated rings. The summed E-state index contributed by atoms with van der Waals surface area (Å²) in [6.07, 6.45) is 6.09. The Kier molecular flexibility index (Phi) is 5.49. The van der Waals surface area contributed by atoms with Crippen LogP contribution >= 0.6 is 0 Å². The molecular formula is C24H23FN6O. The van der Waals surface area contributed by atoms with Gasteiger partial charge in [0.15, 0.2) is 0 Å². The molecule has 0 bridgehead atoms. The lowest BCUT2D eigenvalue weighted by Gasteiger charge is -2.36. The van der Waals surface area contributed by atoms with E-state index < -0.39 is 0 Å². The van der Waals surface area contributed by atoms with E-state index in [9.17, 15) is 9.18 Å². The molecule has 0 saturated carbocycles. The zero-order valence-electron chi connectivity index (χ0n) is 17.5. The number of fused-ring (bicyclic) bond motifs is 1. The molecule has 2 N–H and O–H groups in total. The van der Waals surface area contributed by atoms with Gasteiger partial charge >= 0.3 is 0 Å². The van der Waals surface area contributed by atoms with Crippen molar-refractivity contribution in [3.8, 4) is 11.1 Å². The van der Waals surface area contributed by atoms with E-state index in [0.29, 0.717) is 24.3 Å². The first-order chi connectivity index (χ1) is 15.7. The summed E-state index contributed by atoms with van der Waals surface area (Å²) in [6, 6.07) is 14.0. The molecule has 1 aliphatic rings. The normalized spacial score (nSPS) is 16.3. The SMILES string of the molecule is O=C(c1[nH]ncc1-c1ccc(F)cc1)N1CCCCC1CNc1ncnc2ccccc12. The standard InChI is InChI=1S/C24H23FN6O/c25-17-10-8-16(9-11-17)20-14-29-30-22(20)24(32)31-12-4-3-5-18(31)13-26-23-19-6-1-2-7-21(19)27-15-28-23/h1-2,6-11,14-15,18H,3-5,12-13H2,(H,29,30)(H,26,27,28). The van der Waals surface area contributed by atoms with Crippen molar-refractivity contribution in [3.05, 3.63) is 72.6 Å². The molecule has 3 heterocycles. The molecule has 0 radical (unpaired) electrons. The highest BCUT2D eigenvalue weighted by Crippen LogP contribution is 2.27. The van der Waals surface area contributed by atoms with E-state index in [1.165, 1.54) is 12.1 Å². The number of nitrogens with one attached hydrogen (secondary N) is 2. The van der Waals surface area contributed by atoms with Crippen LogP contribution in [0.3, 0.4) is 0 Å². The van der Waals surface area contributed by atoms with E-state index in [0.717, 1.165) is 41.5 Å². The number of piperidine rings is 1. The predicted molar refractivity (Wildman–Crippen MR) is 121 cm³/mol. The Balaban J connectivity index is 1.36. The van der Waals surface area contributed by atoms with Crippen LogP contribution in [0.15, 0.2) is 61.1 Å². The van der Waals surface area contributed by atoms with Gasteiger partial charge in [-0.25, -0.2) is 14.4 Å². The molecule has 4 aromatic rings. The average Bonchev–Trinajstić information content (AvgIpc) is 3.33. The summed E-state index contributed by atoms with van der Waals surface area (Å²) >= 11 is 0. The molecule has 8 heteroatoms. The second kappa shape index (κ2) is 8.74. The van der Waals surface area contributed by atoms with Gasteiger partial charge in [0.25, 0.3) is 5.91 Å². The molecule has 0 aliphatic carbocycles. The number of benzene rings is 2. The largest absolute Gasteiger partial charge is 0.367 e. The van der Waals surface area contributed by atoms with Crippen LogP contribution in [0, 0.1) is 5.82 Å². The Labute approximate surface area is 184 Å². The van der Waals surface area contributed by atoms with Gasteiger partial charge in [0, 0.05) is 30.1 Å². The van der Waals surface area contributed by atoms with Crippen LogP contribution in [-0.4, -0.2) is 50.1 Å². The van der Waals surface area contributed by atoms with Gasteiger partial charge in [0.05, 0.1) is 11.7 Å². The predicted octanol–water partition coefficient (Wildman–Crippen LogP) is 4.27. The number of hydrogen-bond donors (Lipinski definition) is 2. The first-order valence-electron chi connectivity index (χ1n) is 10.7. The fourth-order valence-corrected chi connectivity index (χ4v) is 4.28. The molecule has 7 nitrogen and oxygen atoms in total. The van der Waals surface area contributed by atoms with Gasteiger partial charge in [0.2, 0.25) is 0 Å². The fourth-order valence-electron chi connectivity index (χ4n) is 4.28. The van der Waals surface area contributed by atoms with Crippen molar-refractivity contribution >= 4 is 22.6 Å². The number of nitrogens with zero attached hydrogens (tertiary/aromatic N) is 4. The highest BCUT2D eigenvalue weighted by molar-refractivity contribution is 5.99. The van der Waals surface area contributed by atoms with Crippen LogP contribution in [0.5, 0.6) is 0 Å². The quantitative estimate of drug-likeness (QED) is 0.494. The number of carbonyl (C=O) groups excluding carboxylic acids is 1. The number of anilines is 1. The number of H-pyrrole nitrogens is 1. The van der Waals surface area contributed by atoms with Crippen molar-refractivity contribution in [1.82, 2.24) is 25.1 Å². The summed E-state index contributed by atoms with van der Waals surface area (Å²) in [5.74, 6) is 0.354. The van der Waals surface area contributed by atoms with Crippen molar-refractivity contribution in [2.75, 3.05) is 18.4 Å². The summed E-state index contributed by atoms with van der Waals surface area (Å²) in [6.45, 7) is 1.27. The van der Waals surface area contributed by atoms with Crippen molar-refractivity contribution in [1.29, 1.82) is 0 Å². The summed E-state index contributed by atoms with van der Waals surface area (Å²) in [4.78, 5) is 24.1. The Bertz CT molecular complexity index is 1230. The minimum atomic E-state index is -0.315. The maximum Gasteiger partial charge on any atom is 0.272 e. The Morgan fingerprint density at radius 1 is 1.12 bits per heavy atom. The first-order valence-corrected chi connectivity index (χ1v) is 10.7. The average molecular weight is 430 g/mol. The zero-order valence-corrected chi connectivity index (χ0v) is 17.5. The van der Waals surface area contributed by atoms with E-state index in [2.05, 4.69) is 25.5 Å². The number of aromatic nitrogens is 4. The summed E-state index contributed by atoms with van der Waals surface area (Å²) in [7, 11) is 0. The third-order valence-electron chi connectivity index (χ3n) is 5.94. The minimum absolute atomic E-state index is 0.0225. The van der Waals surface area contributed by atoms with Crippen molar-refractivity contribution in [2.45, 2.75) is 25.3 Å². The number of rotatable bonds is 5. The number of amides is 1. The molecule has 1 amide bonds. The van der Waals surface area contributed by atoms with Crippen LogP contribution in [0.2, 0.25) is 0 Å². The smallest absolute Gasteiger partial charge is 0.272 e. The summed E-state index contributed by atoms with van der Waals surface area (Å²) in [5.41, 5.74) is 2.73. The van der Waals surface area contributed by atoms with Crippen LogP contribution in [0.25, 0.3) is 22.0 Å². The second-order valence-corrected chi connectivity index (χ2v) is 7.93. The van der Waals surface area contributed by atoms with Gasteiger partial charge in [-0.1, -0.05) is 24.3 Å². The van der Waals surface area contributed by atoms with E-state index in [1.807, 2.05) is 29.2 Å². The van der Waals surface area contributed by atoms with Crippen LogP contribution in [0.1, 0.15) is 29.8 Å². The van der Waals surface area contributed by atoms with Crippen LogP contribution < -0.4 is 5.32 Å². The summed E-state index contributed by atoms with van der Waals surface area (Å²) < 4.78 is 13.3. The van der Waals surface area contributed by atoms with Gasteiger partial charge < -0.3 is 10.2 Å². The van der Waals surface area contributed by atoms with Crippen molar-refractivity contribution in [2.24, 2.45) is 0 Å². The van der Waals surface area contributed by atoms with Crippen LogP contribution in [0.4, 0.5) is 10.2 Å². The van der Waals surface area contributed by atoms with E-state index in [4.69, 9.17) is 0 Å². The molecule has 5 rings (SSSR count). The molecular weight excluding hydrogens is 407 g/mol. The van der Waals surface area contributed by atoms with Gasteiger partial charge in [-0.3, -0.25) is 9.89 Å². The number of hydrogen-bond acceptors (Lipinski definition) is 5. The number of para-hydroxylation sites is 1. The second-order valence-electron chi connectivity index (χ2n) is 7.93. The molecule has 1 atom stereocenters. The topological polar surface area (TPSA) is 86.8 Å². The molecule has 32 heavy (non-hydrogen) atoms. The lowest BCUT2D eigenvalue weighted by Crippen LogP contribution is -2.47. The first kappa shape index (κ1) is 20.1. The number of carbonyl (C=O) groups is 1. The van der Waals surface area contributed by atoms with Gasteiger partial charge in [-0.2, -0.15) is 5.10 Å². The monoisotopic (exact) mass is 430 g/mol. The van der Waals surface area contributed by atoms with E-state index >= 15 is 0 Å². The van der Waals surface area contributed by atoms with E-state index in [1.54, 1.807) is 24.7 Å². The molecule has 2 aromatic heterocycles. The molecule has 0 spiro atoms. The molecule has 2 aromatic carbocycles. The highest BCUT2D eigenvalue weighted by atomic mass is 19.1. The fraction of sp³-hybridized carbons (Fsp3) is 0.250. The number of halogens is 1. The molecule has 1 unspecified atom stereocenters. The highest BCUT2D eigenvalue weighted by Gasteiger charge is 2.30. The Morgan fingerprint density at radius 3 is 2.84 bits per heavy atom. The van der Waals surface area contributed by atoms with E-state index in [-0.39, 0.29) is 17.8 Å².